The number of H-pyrrole nitrogens is 1. The first kappa shape index (κ1) is 17.0. The van der Waals surface area contributed by atoms with E-state index in [2.05, 4.69) is 14.8 Å². The van der Waals surface area contributed by atoms with Crippen molar-refractivity contribution in [1.82, 2.24) is 14.9 Å². The summed E-state index contributed by atoms with van der Waals surface area (Å²) in [6.45, 7) is 6.48. The molecule has 6 heteroatoms. The molecule has 1 N–H and O–H groups in total. The molecule has 2 aliphatic heterocycles. The topological polar surface area (TPSA) is 61.5 Å². The highest BCUT2D eigenvalue weighted by Gasteiger charge is 2.26. The highest BCUT2D eigenvalue weighted by molar-refractivity contribution is 5.31. The van der Waals surface area contributed by atoms with Gasteiger partial charge in [0.2, 0.25) is 5.95 Å². The average molecular weight is 346 g/mol. The number of piperidine rings is 1. The Bertz CT molecular complexity index is 620. The van der Waals surface area contributed by atoms with Gasteiger partial charge in [-0.2, -0.15) is 0 Å². The van der Waals surface area contributed by atoms with Gasteiger partial charge in [0.1, 0.15) is 0 Å². The van der Waals surface area contributed by atoms with E-state index in [1.54, 1.807) is 6.07 Å². The Balaban J connectivity index is 1.46. The summed E-state index contributed by atoms with van der Waals surface area (Å²) < 4.78 is 5.41. The van der Waals surface area contributed by atoms with Crippen LogP contribution < -0.4 is 10.5 Å². The van der Waals surface area contributed by atoms with Crippen LogP contribution in [0.2, 0.25) is 0 Å². The molecule has 25 heavy (non-hydrogen) atoms. The molecule has 0 spiro atoms. The van der Waals surface area contributed by atoms with Crippen LogP contribution in [0.3, 0.4) is 0 Å². The summed E-state index contributed by atoms with van der Waals surface area (Å²) in [4.78, 5) is 24.7. The number of ether oxygens (including phenoxy) is 1. The number of morpholine rings is 1. The molecule has 3 fully saturated rings. The molecule has 138 valence electrons. The number of aromatic nitrogens is 2. The molecule has 1 saturated carbocycles. The van der Waals surface area contributed by atoms with Gasteiger partial charge < -0.3 is 14.5 Å². The van der Waals surface area contributed by atoms with Crippen LogP contribution in [0.25, 0.3) is 0 Å². The molecule has 0 radical (unpaired) electrons. The second kappa shape index (κ2) is 7.87. The third-order valence-corrected chi connectivity index (χ3v) is 5.97. The molecule has 2 saturated heterocycles. The van der Waals surface area contributed by atoms with E-state index in [0.29, 0.717) is 19.1 Å². The van der Waals surface area contributed by atoms with Crippen molar-refractivity contribution in [2.45, 2.75) is 44.4 Å². The Hall–Kier alpha value is -1.40. The summed E-state index contributed by atoms with van der Waals surface area (Å²) in [6.07, 6.45) is 7.94. The fourth-order valence-corrected chi connectivity index (χ4v) is 4.62. The lowest BCUT2D eigenvalue weighted by Crippen LogP contribution is -2.40. The normalized spacial score (nSPS) is 26.2. The minimum Gasteiger partial charge on any atom is -0.378 e. The van der Waals surface area contributed by atoms with Crippen molar-refractivity contribution in [2.24, 2.45) is 5.92 Å². The van der Waals surface area contributed by atoms with Crippen molar-refractivity contribution in [3.63, 3.8) is 0 Å². The monoisotopic (exact) mass is 346 g/mol. The number of anilines is 1. The predicted molar refractivity (Wildman–Crippen MR) is 98.3 cm³/mol. The fraction of sp³-hybridized carbons (Fsp3) is 0.789. The van der Waals surface area contributed by atoms with Gasteiger partial charge in [0.15, 0.2) is 0 Å². The number of hydrogen-bond donors (Lipinski definition) is 1. The fourth-order valence-electron chi connectivity index (χ4n) is 4.62. The van der Waals surface area contributed by atoms with Crippen molar-refractivity contribution >= 4 is 5.95 Å². The maximum Gasteiger partial charge on any atom is 0.252 e. The lowest BCUT2D eigenvalue weighted by molar-refractivity contribution is 0.122. The van der Waals surface area contributed by atoms with Gasteiger partial charge in [-0.3, -0.25) is 9.78 Å². The molecule has 3 heterocycles. The van der Waals surface area contributed by atoms with E-state index >= 15 is 0 Å². The van der Waals surface area contributed by atoms with Gasteiger partial charge >= 0.3 is 0 Å². The van der Waals surface area contributed by atoms with Crippen LogP contribution >= 0.6 is 0 Å². The third-order valence-electron chi connectivity index (χ3n) is 5.97. The standard InChI is InChI=1S/C19H30N4O2/c24-18-12-17(20-19(21-18)23-8-10-25-11-9-23)16-6-3-7-22(14-16)13-15-4-1-2-5-15/h12,15-16H,1-11,13-14H2,(H,20,21,24)/t16-/m1/s1. The molecule has 0 amide bonds. The van der Waals surface area contributed by atoms with E-state index in [1.807, 2.05) is 0 Å². The maximum atomic E-state index is 12.2. The van der Waals surface area contributed by atoms with Gasteiger partial charge in [0, 0.05) is 38.2 Å². The second-order valence-electron chi connectivity index (χ2n) is 7.84. The first-order chi connectivity index (χ1) is 12.3. The van der Waals surface area contributed by atoms with E-state index in [9.17, 15) is 4.79 Å². The molecular formula is C19H30N4O2. The van der Waals surface area contributed by atoms with E-state index in [0.717, 1.165) is 43.6 Å². The molecule has 4 rings (SSSR count). The zero-order valence-corrected chi connectivity index (χ0v) is 15.1. The summed E-state index contributed by atoms with van der Waals surface area (Å²) in [7, 11) is 0. The van der Waals surface area contributed by atoms with Crippen LogP contribution in [-0.4, -0.2) is 60.8 Å². The SMILES string of the molecule is O=c1cc([C@@H]2CCCN(CC3CCCC3)C2)nc(N2CCOCC2)[nH]1. The van der Waals surface area contributed by atoms with E-state index < -0.39 is 0 Å². The van der Waals surface area contributed by atoms with Crippen molar-refractivity contribution in [1.29, 1.82) is 0 Å². The van der Waals surface area contributed by atoms with Crippen molar-refractivity contribution < 1.29 is 4.74 Å². The van der Waals surface area contributed by atoms with Crippen LogP contribution in [0.4, 0.5) is 5.95 Å². The molecule has 0 aromatic carbocycles. The van der Waals surface area contributed by atoms with Crippen LogP contribution in [0.15, 0.2) is 10.9 Å². The molecule has 3 aliphatic rings. The van der Waals surface area contributed by atoms with Crippen LogP contribution in [0, 0.1) is 5.92 Å². The molecule has 1 aromatic heterocycles. The van der Waals surface area contributed by atoms with Crippen molar-refractivity contribution in [3.05, 3.63) is 22.1 Å². The van der Waals surface area contributed by atoms with E-state index in [-0.39, 0.29) is 5.56 Å². The summed E-state index contributed by atoms with van der Waals surface area (Å²) in [6, 6.07) is 1.72. The van der Waals surface area contributed by atoms with Crippen molar-refractivity contribution in [3.8, 4) is 0 Å². The smallest absolute Gasteiger partial charge is 0.252 e. The third kappa shape index (κ3) is 4.23. The molecule has 0 unspecified atom stereocenters. The molecule has 1 aliphatic carbocycles. The minimum absolute atomic E-state index is 0.0283. The number of hydrogen-bond acceptors (Lipinski definition) is 5. The van der Waals surface area contributed by atoms with Crippen LogP contribution in [0.5, 0.6) is 0 Å². The Morgan fingerprint density at radius 2 is 1.92 bits per heavy atom. The van der Waals surface area contributed by atoms with Gasteiger partial charge in [0.05, 0.1) is 18.9 Å². The molecular weight excluding hydrogens is 316 g/mol. The minimum atomic E-state index is -0.0283. The van der Waals surface area contributed by atoms with Crippen molar-refractivity contribution in [2.75, 3.05) is 50.8 Å². The summed E-state index contributed by atoms with van der Waals surface area (Å²) in [5, 5.41) is 0. The van der Waals surface area contributed by atoms with E-state index in [1.165, 1.54) is 45.2 Å². The quantitative estimate of drug-likeness (QED) is 0.903. The highest BCUT2D eigenvalue weighted by Crippen LogP contribution is 2.30. The zero-order valence-electron chi connectivity index (χ0n) is 15.1. The van der Waals surface area contributed by atoms with Gasteiger partial charge in [-0.25, -0.2) is 4.98 Å². The Morgan fingerprint density at radius 1 is 1.12 bits per heavy atom. The largest absolute Gasteiger partial charge is 0.378 e. The first-order valence-electron chi connectivity index (χ1n) is 9.94. The van der Waals surface area contributed by atoms with E-state index in [4.69, 9.17) is 9.72 Å². The molecule has 1 atom stereocenters. The summed E-state index contributed by atoms with van der Waals surface area (Å²) in [5.74, 6) is 1.99. The lowest BCUT2D eigenvalue weighted by atomic mass is 9.93. The van der Waals surface area contributed by atoms with Crippen LogP contribution in [-0.2, 0) is 4.74 Å². The summed E-state index contributed by atoms with van der Waals surface area (Å²) in [5.41, 5.74) is 0.945. The summed E-state index contributed by atoms with van der Waals surface area (Å²) >= 11 is 0. The Labute approximate surface area is 149 Å². The number of aromatic amines is 1. The predicted octanol–water partition coefficient (Wildman–Crippen LogP) is 1.98. The van der Waals surface area contributed by atoms with Gasteiger partial charge in [0.25, 0.3) is 5.56 Å². The Morgan fingerprint density at radius 3 is 2.72 bits per heavy atom. The van der Waals surface area contributed by atoms with Gasteiger partial charge in [-0.1, -0.05) is 12.8 Å². The molecule has 1 aromatic rings. The first-order valence-corrected chi connectivity index (χ1v) is 9.94. The average Bonchev–Trinajstić information content (AvgIpc) is 3.15. The van der Waals surface area contributed by atoms with Gasteiger partial charge in [-0.05, 0) is 38.1 Å². The Kier molecular flexibility index (Phi) is 5.36. The van der Waals surface area contributed by atoms with Gasteiger partial charge in [-0.15, -0.1) is 0 Å². The molecule has 6 nitrogen and oxygen atoms in total. The number of likely N-dealkylation sites (tertiary alicyclic amines) is 1. The highest BCUT2D eigenvalue weighted by atomic mass is 16.5. The zero-order chi connectivity index (χ0) is 17.1. The second-order valence-corrected chi connectivity index (χ2v) is 7.84. The number of nitrogens with one attached hydrogen (secondary N) is 1. The number of nitrogens with zero attached hydrogens (tertiary/aromatic N) is 3. The number of rotatable bonds is 4. The van der Waals surface area contributed by atoms with Crippen LogP contribution in [0.1, 0.15) is 50.1 Å². The maximum absolute atomic E-state index is 12.2. The molecule has 0 bridgehead atoms. The lowest BCUT2D eigenvalue weighted by Gasteiger charge is -2.34.